The third-order valence-corrected chi connectivity index (χ3v) is 2.97. The van der Waals surface area contributed by atoms with Gasteiger partial charge in [-0.1, -0.05) is 17.7 Å². The van der Waals surface area contributed by atoms with Crippen LogP contribution < -0.4 is 0 Å². The van der Waals surface area contributed by atoms with Gasteiger partial charge in [-0.2, -0.15) is 0 Å². The highest BCUT2D eigenvalue weighted by atomic mass is 79.9. The van der Waals surface area contributed by atoms with Crippen LogP contribution in [0.5, 0.6) is 0 Å². The normalized spacial score (nSPS) is 10.2. The lowest BCUT2D eigenvalue weighted by Crippen LogP contribution is -2.01. The molecule has 18 heavy (non-hydrogen) atoms. The summed E-state index contributed by atoms with van der Waals surface area (Å²) in [4.78, 5) is 19.6. The Balaban J connectivity index is 2.45. The largest absolute Gasteiger partial charge is 0.465 e. The van der Waals surface area contributed by atoms with Gasteiger partial charge in [-0.15, -0.1) is 0 Å². The molecule has 0 bridgehead atoms. The highest BCUT2D eigenvalue weighted by Crippen LogP contribution is 2.27. The van der Waals surface area contributed by atoms with Crippen molar-refractivity contribution in [2.45, 2.75) is 0 Å². The Morgan fingerprint density at radius 1 is 1.39 bits per heavy atom. The first-order valence-corrected chi connectivity index (χ1v) is 6.14. The fraction of sp³-hybridized carbons (Fsp3) is 0.0833. The molecule has 0 atom stereocenters. The predicted molar refractivity (Wildman–Crippen MR) is 71.5 cm³/mol. The number of methoxy groups -OCH3 is 1. The quantitative estimate of drug-likeness (QED) is 0.794. The van der Waals surface area contributed by atoms with E-state index in [2.05, 4.69) is 30.6 Å². The van der Waals surface area contributed by atoms with Crippen molar-refractivity contribution in [3.63, 3.8) is 0 Å². The molecule has 6 heteroatoms. The molecule has 0 aliphatic rings. The smallest absolute Gasteiger partial charge is 0.337 e. The average molecular weight is 328 g/mol. The van der Waals surface area contributed by atoms with Gasteiger partial charge in [0, 0.05) is 5.56 Å². The molecule has 0 N–H and O–H groups in total. The molecule has 0 radical (unpaired) electrons. The van der Waals surface area contributed by atoms with E-state index in [9.17, 15) is 4.79 Å². The van der Waals surface area contributed by atoms with E-state index in [0.717, 1.165) is 0 Å². The van der Waals surface area contributed by atoms with Gasteiger partial charge in [0.05, 0.1) is 35.8 Å². The molecule has 2 rings (SSSR count). The number of carbonyl (C=O) groups is 1. The Kier molecular flexibility index (Phi) is 3.93. The minimum Gasteiger partial charge on any atom is -0.465 e. The van der Waals surface area contributed by atoms with Crippen LogP contribution in [-0.2, 0) is 4.74 Å². The number of aromatic nitrogens is 2. The highest BCUT2D eigenvalue weighted by Gasteiger charge is 2.11. The van der Waals surface area contributed by atoms with Crippen LogP contribution in [0.2, 0.25) is 5.02 Å². The molecule has 4 nitrogen and oxygen atoms in total. The van der Waals surface area contributed by atoms with Crippen molar-refractivity contribution in [3.05, 3.63) is 45.8 Å². The molecule has 0 saturated heterocycles. The number of hydrogen-bond acceptors (Lipinski definition) is 4. The van der Waals surface area contributed by atoms with Crippen molar-refractivity contribution in [1.82, 2.24) is 9.97 Å². The highest BCUT2D eigenvalue weighted by molar-refractivity contribution is 9.10. The molecule has 92 valence electrons. The summed E-state index contributed by atoms with van der Waals surface area (Å²) in [6, 6.07) is 4.89. The number of ether oxygens (including phenoxy) is 1. The third-order valence-electron chi connectivity index (χ3n) is 2.27. The third kappa shape index (κ3) is 2.68. The van der Waals surface area contributed by atoms with Crippen molar-refractivity contribution in [2.75, 3.05) is 7.11 Å². The maximum atomic E-state index is 11.4. The van der Waals surface area contributed by atoms with E-state index < -0.39 is 5.97 Å². The van der Waals surface area contributed by atoms with E-state index in [1.807, 2.05) is 0 Å². The van der Waals surface area contributed by atoms with Crippen molar-refractivity contribution in [1.29, 1.82) is 0 Å². The van der Waals surface area contributed by atoms with Crippen molar-refractivity contribution < 1.29 is 9.53 Å². The van der Waals surface area contributed by atoms with E-state index in [-0.39, 0.29) is 0 Å². The Morgan fingerprint density at radius 3 is 2.78 bits per heavy atom. The number of halogens is 2. The lowest BCUT2D eigenvalue weighted by Gasteiger charge is -2.05. The van der Waals surface area contributed by atoms with Gasteiger partial charge in [0.2, 0.25) is 0 Å². The zero-order chi connectivity index (χ0) is 13.1. The summed E-state index contributed by atoms with van der Waals surface area (Å²) in [7, 11) is 1.32. The molecule has 0 saturated carbocycles. The van der Waals surface area contributed by atoms with Gasteiger partial charge in [-0.3, -0.25) is 4.98 Å². The van der Waals surface area contributed by atoms with Crippen LogP contribution >= 0.6 is 27.5 Å². The number of hydrogen-bond donors (Lipinski definition) is 0. The first-order chi connectivity index (χ1) is 8.61. The maximum Gasteiger partial charge on any atom is 0.337 e. The van der Waals surface area contributed by atoms with Crippen LogP contribution in [0, 0.1) is 0 Å². The molecule has 0 fully saturated rings. The Bertz CT molecular complexity index is 604. The van der Waals surface area contributed by atoms with Gasteiger partial charge in [-0.05, 0) is 28.1 Å². The monoisotopic (exact) mass is 326 g/mol. The molecule has 1 aromatic carbocycles. The van der Waals surface area contributed by atoms with Gasteiger partial charge >= 0.3 is 5.97 Å². The summed E-state index contributed by atoms with van der Waals surface area (Å²) in [5.74, 6) is -0.427. The SMILES string of the molecule is COC(=O)c1ccc(-c2cncc(Br)n2)c(Cl)c1. The fourth-order valence-electron chi connectivity index (χ4n) is 1.44. The zero-order valence-corrected chi connectivity index (χ0v) is 11.7. The van der Waals surface area contributed by atoms with E-state index in [0.29, 0.717) is 26.4 Å². The molecule has 1 aromatic heterocycles. The molecular formula is C12H8BrClN2O2. The number of benzene rings is 1. The van der Waals surface area contributed by atoms with Gasteiger partial charge in [0.15, 0.2) is 0 Å². The number of rotatable bonds is 2. The molecule has 0 amide bonds. The van der Waals surface area contributed by atoms with Gasteiger partial charge < -0.3 is 4.74 Å². The fourth-order valence-corrected chi connectivity index (χ4v) is 2.03. The van der Waals surface area contributed by atoms with Crippen molar-refractivity contribution in [2.24, 2.45) is 0 Å². The second-order valence-electron chi connectivity index (χ2n) is 3.41. The molecular weight excluding hydrogens is 320 g/mol. The summed E-state index contributed by atoms with van der Waals surface area (Å²) < 4.78 is 5.24. The van der Waals surface area contributed by atoms with Crippen molar-refractivity contribution in [3.8, 4) is 11.3 Å². The molecule has 0 unspecified atom stereocenters. The maximum absolute atomic E-state index is 11.4. The Labute approximate surface area is 117 Å². The molecule has 2 aromatic rings. The number of nitrogens with zero attached hydrogens (tertiary/aromatic N) is 2. The number of carbonyl (C=O) groups excluding carboxylic acids is 1. The average Bonchev–Trinajstić information content (AvgIpc) is 2.37. The summed E-state index contributed by atoms with van der Waals surface area (Å²) in [5, 5.41) is 0.422. The first-order valence-electron chi connectivity index (χ1n) is 4.97. The van der Waals surface area contributed by atoms with Crippen LogP contribution in [0.1, 0.15) is 10.4 Å². The summed E-state index contributed by atoms with van der Waals surface area (Å²) >= 11 is 9.37. The van der Waals surface area contributed by atoms with Crippen LogP contribution in [-0.4, -0.2) is 23.0 Å². The summed E-state index contributed by atoms with van der Waals surface area (Å²) in [6.07, 6.45) is 3.18. The molecule has 0 aliphatic carbocycles. The van der Waals surface area contributed by atoms with E-state index in [1.165, 1.54) is 7.11 Å². The number of esters is 1. The molecule has 1 heterocycles. The lowest BCUT2D eigenvalue weighted by molar-refractivity contribution is 0.0601. The standard InChI is InChI=1S/C12H8BrClN2O2/c1-18-12(17)7-2-3-8(9(14)4-7)10-5-15-6-11(13)16-10/h2-6H,1H3. The van der Waals surface area contributed by atoms with Gasteiger partial charge in [0.1, 0.15) is 4.60 Å². The first kappa shape index (κ1) is 13.0. The lowest BCUT2D eigenvalue weighted by atomic mass is 10.1. The summed E-state index contributed by atoms with van der Waals surface area (Å²) in [5.41, 5.74) is 1.73. The van der Waals surface area contributed by atoms with Crippen LogP contribution in [0.3, 0.4) is 0 Å². The second-order valence-corrected chi connectivity index (χ2v) is 4.63. The minimum atomic E-state index is -0.427. The van der Waals surface area contributed by atoms with E-state index in [4.69, 9.17) is 11.6 Å². The molecule has 0 aliphatic heterocycles. The Hall–Kier alpha value is -1.46. The van der Waals surface area contributed by atoms with Crippen LogP contribution in [0.15, 0.2) is 35.2 Å². The zero-order valence-electron chi connectivity index (χ0n) is 9.35. The van der Waals surface area contributed by atoms with Gasteiger partial charge in [-0.25, -0.2) is 9.78 Å². The van der Waals surface area contributed by atoms with Gasteiger partial charge in [0.25, 0.3) is 0 Å². The van der Waals surface area contributed by atoms with Crippen LogP contribution in [0.25, 0.3) is 11.3 Å². The Morgan fingerprint density at radius 2 is 2.17 bits per heavy atom. The minimum absolute atomic E-state index is 0.397. The van der Waals surface area contributed by atoms with Crippen molar-refractivity contribution >= 4 is 33.5 Å². The van der Waals surface area contributed by atoms with E-state index >= 15 is 0 Å². The predicted octanol–water partition coefficient (Wildman–Crippen LogP) is 3.35. The van der Waals surface area contributed by atoms with E-state index in [1.54, 1.807) is 30.6 Å². The topological polar surface area (TPSA) is 52.1 Å². The second kappa shape index (κ2) is 5.46. The molecule has 0 spiro atoms. The van der Waals surface area contributed by atoms with Crippen LogP contribution in [0.4, 0.5) is 0 Å². The summed E-state index contributed by atoms with van der Waals surface area (Å²) in [6.45, 7) is 0.